The second kappa shape index (κ2) is 15.9. The maximum Gasteiger partial charge on any atom is 0.573 e. The Bertz CT molecular complexity index is 2170. The normalized spacial score (nSPS) is 20.1. The molecule has 8 rings (SSSR count). The Labute approximate surface area is 328 Å². The van der Waals surface area contributed by atoms with Crippen LogP contribution in [0.1, 0.15) is 58.4 Å². The van der Waals surface area contributed by atoms with E-state index in [1.165, 1.54) is 17.7 Å². The first-order valence-electron chi connectivity index (χ1n) is 19.7. The summed E-state index contributed by atoms with van der Waals surface area (Å²) in [5, 5.41) is 3.34. The summed E-state index contributed by atoms with van der Waals surface area (Å²) in [5.41, 5.74) is 11.3. The number of hydrogen-bond donors (Lipinski definition) is 2. The van der Waals surface area contributed by atoms with Gasteiger partial charge in [0.05, 0.1) is 11.1 Å². The van der Waals surface area contributed by atoms with Crippen molar-refractivity contribution in [3.05, 3.63) is 83.6 Å². The van der Waals surface area contributed by atoms with Gasteiger partial charge in [0.2, 0.25) is 11.8 Å². The smallest absolute Gasteiger partial charge is 0.406 e. The van der Waals surface area contributed by atoms with Crippen LogP contribution in [0.4, 0.5) is 18.9 Å². The SMILES string of the molecule is NCCCn1cc(-c2ccc(OC(F)(F)F)cc2)c2c(CN3CCC(CN4CCN(c5ccc6c(c5)C(=O)N(C5CCC(=O)NC5=O)C6=O)CC4)CC3)cccc21. The molecule has 3 aromatic carbocycles. The highest BCUT2D eigenvalue weighted by molar-refractivity contribution is 6.23. The van der Waals surface area contributed by atoms with Gasteiger partial charge in [0.25, 0.3) is 11.8 Å². The number of carbonyl (C=O) groups excluding carboxylic acids is 4. The molecule has 12 nitrogen and oxygen atoms in total. The minimum atomic E-state index is -4.75. The number of aryl methyl sites for hydroxylation is 1. The number of nitrogens with zero attached hydrogens (tertiary/aromatic N) is 5. The number of nitrogens with one attached hydrogen (secondary N) is 1. The van der Waals surface area contributed by atoms with E-state index < -0.39 is 36.0 Å². The van der Waals surface area contributed by atoms with E-state index in [1.54, 1.807) is 24.3 Å². The molecular weight excluding hydrogens is 739 g/mol. The predicted octanol–water partition coefficient (Wildman–Crippen LogP) is 4.99. The van der Waals surface area contributed by atoms with Gasteiger partial charge in [-0.3, -0.25) is 39.2 Å². The van der Waals surface area contributed by atoms with E-state index in [4.69, 9.17) is 5.73 Å². The molecule has 0 bridgehead atoms. The molecule has 0 aliphatic carbocycles. The number of aromatic nitrogens is 1. The fourth-order valence-corrected chi connectivity index (χ4v) is 8.84. The molecule has 4 amide bonds. The number of fused-ring (bicyclic) bond motifs is 2. The van der Waals surface area contributed by atoms with E-state index in [2.05, 4.69) is 53.7 Å². The predicted molar refractivity (Wildman–Crippen MR) is 207 cm³/mol. The molecule has 4 aliphatic heterocycles. The van der Waals surface area contributed by atoms with Crippen LogP contribution in [-0.2, 0) is 22.7 Å². The number of alkyl halides is 3. The Morgan fingerprint density at radius 2 is 1.54 bits per heavy atom. The van der Waals surface area contributed by atoms with Gasteiger partial charge >= 0.3 is 6.36 Å². The average molecular weight is 786 g/mol. The molecule has 3 saturated heterocycles. The molecule has 3 fully saturated rings. The van der Waals surface area contributed by atoms with Gasteiger partial charge in [-0.15, -0.1) is 13.2 Å². The summed E-state index contributed by atoms with van der Waals surface area (Å²) in [7, 11) is 0. The molecule has 0 spiro atoms. The lowest BCUT2D eigenvalue weighted by Crippen LogP contribution is -2.54. The molecule has 4 aromatic rings. The largest absolute Gasteiger partial charge is 0.573 e. The zero-order valence-electron chi connectivity index (χ0n) is 31.6. The van der Waals surface area contributed by atoms with Gasteiger partial charge in [0, 0.05) is 80.6 Å². The average Bonchev–Trinajstić information content (AvgIpc) is 3.69. The molecule has 0 radical (unpaired) electrons. The van der Waals surface area contributed by atoms with E-state index in [0.717, 1.165) is 111 Å². The number of hydrogen-bond acceptors (Lipinski definition) is 9. The van der Waals surface area contributed by atoms with E-state index in [9.17, 15) is 32.3 Å². The van der Waals surface area contributed by atoms with Crippen molar-refractivity contribution in [3.63, 3.8) is 0 Å². The van der Waals surface area contributed by atoms with Crippen LogP contribution < -0.4 is 20.7 Å². The molecule has 5 heterocycles. The van der Waals surface area contributed by atoms with E-state index in [1.807, 2.05) is 6.07 Å². The van der Waals surface area contributed by atoms with Gasteiger partial charge in [-0.05, 0) is 98.8 Å². The van der Waals surface area contributed by atoms with Crippen LogP contribution in [0.25, 0.3) is 22.0 Å². The fraction of sp³-hybridized carbons (Fsp3) is 0.429. The van der Waals surface area contributed by atoms with Crippen LogP contribution >= 0.6 is 0 Å². The maximum atomic E-state index is 13.4. The van der Waals surface area contributed by atoms with Crippen molar-refractivity contribution in [1.29, 1.82) is 0 Å². The standard InChI is InChI=1S/C42H46F3N7O5/c43-42(44,45)57-31-8-5-28(6-9-31)34-26-51(16-2-15-46)35-4-1-3-29(38(34)35)25-48-17-13-27(14-18-48)24-49-19-21-50(22-20-49)30-7-10-32-33(23-30)41(56)52(40(32)55)36-11-12-37(53)47-39(36)54/h1,3-10,23,26-27,36H,2,11-22,24-25,46H2,(H,47,53,54). The van der Waals surface area contributed by atoms with Gasteiger partial charge in [-0.1, -0.05) is 24.3 Å². The topological polar surface area (TPSA) is 133 Å². The van der Waals surface area contributed by atoms with Gasteiger partial charge in [0.15, 0.2) is 0 Å². The number of nitrogens with two attached hydrogens (primary N) is 1. The molecular formula is C42H46F3N7O5. The van der Waals surface area contributed by atoms with Crippen molar-refractivity contribution in [2.24, 2.45) is 11.7 Å². The number of imide groups is 2. The van der Waals surface area contributed by atoms with Crippen LogP contribution in [-0.4, -0.2) is 108 Å². The van der Waals surface area contributed by atoms with Gasteiger partial charge in [-0.25, -0.2) is 0 Å². The monoisotopic (exact) mass is 785 g/mol. The zero-order valence-corrected chi connectivity index (χ0v) is 31.6. The van der Waals surface area contributed by atoms with Crippen LogP contribution in [0.2, 0.25) is 0 Å². The molecule has 3 N–H and O–H groups in total. The highest BCUT2D eigenvalue weighted by Gasteiger charge is 2.45. The lowest BCUT2D eigenvalue weighted by molar-refractivity contribution is -0.274. The molecule has 1 atom stereocenters. The Kier molecular flexibility index (Phi) is 10.8. The second-order valence-electron chi connectivity index (χ2n) is 15.4. The first-order chi connectivity index (χ1) is 27.5. The minimum absolute atomic E-state index is 0.0809. The van der Waals surface area contributed by atoms with Crippen LogP contribution in [0.15, 0.2) is 66.9 Å². The third kappa shape index (κ3) is 8.14. The van der Waals surface area contributed by atoms with E-state index in [-0.39, 0.29) is 24.2 Å². The van der Waals surface area contributed by atoms with E-state index >= 15 is 0 Å². The Morgan fingerprint density at radius 1 is 0.807 bits per heavy atom. The summed E-state index contributed by atoms with van der Waals surface area (Å²) >= 11 is 0. The summed E-state index contributed by atoms with van der Waals surface area (Å²) in [6.07, 6.45) is 0.492. The lowest BCUT2D eigenvalue weighted by Gasteiger charge is -2.39. The van der Waals surface area contributed by atoms with Gasteiger partial charge in [-0.2, -0.15) is 0 Å². The number of rotatable bonds is 11. The number of piperazine rings is 1. The van der Waals surface area contributed by atoms with Crippen molar-refractivity contribution in [3.8, 4) is 16.9 Å². The molecule has 4 aliphatic rings. The van der Waals surface area contributed by atoms with Crippen molar-refractivity contribution in [2.75, 3.05) is 57.3 Å². The first-order valence-corrected chi connectivity index (χ1v) is 19.7. The Balaban J connectivity index is 0.867. The summed E-state index contributed by atoms with van der Waals surface area (Å²) in [4.78, 5) is 58.8. The minimum Gasteiger partial charge on any atom is -0.406 e. The summed E-state index contributed by atoms with van der Waals surface area (Å²) in [6, 6.07) is 16.7. The molecule has 1 aromatic heterocycles. The highest BCUT2D eigenvalue weighted by atomic mass is 19.4. The number of benzene rings is 3. The number of halogens is 3. The third-order valence-corrected chi connectivity index (χ3v) is 11.8. The molecule has 300 valence electrons. The zero-order chi connectivity index (χ0) is 39.8. The fourth-order valence-electron chi connectivity index (χ4n) is 8.84. The van der Waals surface area contributed by atoms with E-state index in [0.29, 0.717) is 18.0 Å². The number of carbonyl (C=O) groups is 4. The van der Waals surface area contributed by atoms with Crippen molar-refractivity contribution < 1.29 is 37.1 Å². The molecule has 15 heteroatoms. The third-order valence-electron chi connectivity index (χ3n) is 11.8. The van der Waals surface area contributed by atoms with Crippen molar-refractivity contribution >= 4 is 40.2 Å². The van der Waals surface area contributed by atoms with Crippen LogP contribution in [0.3, 0.4) is 0 Å². The highest BCUT2D eigenvalue weighted by Crippen LogP contribution is 2.37. The number of ether oxygens (including phenoxy) is 1. The first kappa shape index (κ1) is 38.6. The summed E-state index contributed by atoms with van der Waals surface area (Å²) in [6.45, 7) is 8.32. The molecule has 57 heavy (non-hydrogen) atoms. The molecule has 1 unspecified atom stereocenters. The van der Waals surface area contributed by atoms with Crippen LogP contribution in [0, 0.1) is 5.92 Å². The van der Waals surface area contributed by atoms with Crippen LogP contribution in [0.5, 0.6) is 5.75 Å². The molecule has 0 saturated carbocycles. The van der Waals surface area contributed by atoms with Crippen molar-refractivity contribution in [1.82, 2.24) is 24.6 Å². The summed E-state index contributed by atoms with van der Waals surface area (Å²) in [5.74, 6) is -1.70. The van der Waals surface area contributed by atoms with Gasteiger partial charge in [0.1, 0.15) is 11.8 Å². The Morgan fingerprint density at radius 3 is 2.25 bits per heavy atom. The summed E-state index contributed by atoms with van der Waals surface area (Å²) < 4.78 is 44.8. The quantitative estimate of drug-likeness (QED) is 0.202. The Hall–Kier alpha value is -5.25. The van der Waals surface area contributed by atoms with Crippen molar-refractivity contribution in [2.45, 2.75) is 57.6 Å². The maximum absolute atomic E-state index is 13.4. The number of anilines is 1. The lowest BCUT2D eigenvalue weighted by atomic mass is 9.94. The second-order valence-corrected chi connectivity index (χ2v) is 15.4. The van der Waals surface area contributed by atoms with Gasteiger partial charge < -0.3 is 19.9 Å². The number of likely N-dealkylation sites (tertiary alicyclic amines) is 1. The number of piperidine rings is 2. The number of amides is 4.